The molecule has 1 saturated heterocycles. The standard InChI is InChI=1S/C20H29NO3/c1-5-13(2)8-15-12-21-7-6-14-9-19(23-3)20(24-4)10-16(14)17(21)11-18(15)22/h9-10,13,15,17H,5-8,11-12H2,1-4H3/i2D3,3D3,5D2,6D2,7D2,8D2,9D,10D,13D,17D. The van der Waals surface area contributed by atoms with Gasteiger partial charge in [-0.15, -0.1) is 0 Å². The van der Waals surface area contributed by atoms with E-state index in [9.17, 15) is 6.17 Å². The molecule has 0 bridgehead atoms. The SMILES string of the molecule is [2H]c1c(OC)c(OC([2H])([2H])[2H])c([2H])c2c1C1([2H])CC(=O)C(C([2H])([2H])C([2H])(C([2H])([2H])[2H])C([2H])([2H])C)CN1C([2H])([2H])C2([2H])[2H]. The Morgan fingerprint density at radius 2 is 2.42 bits per heavy atom. The molecule has 0 amide bonds. The minimum absolute atomic E-state index is 0.388. The zero-order valence-electron chi connectivity index (χ0n) is 31.2. The second kappa shape index (κ2) is 7.14. The number of fused-ring (bicyclic) bond motifs is 3. The predicted octanol–water partition coefficient (Wildman–Crippen LogP) is 3.63. The Balaban J connectivity index is 2.37. The first-order chi connectivity index (χ1) is 18.5. The van der Waals surface area contributed by atoms with Crippen LogP contribution in [0.1, 0.15) is 74.8 Å². The van der Waals surface area contributed by atoms with E-state index in [0.717, 1.165) is 7.11 Å². The van der Waals surface area contributed by atoms with Gasteiger partial charge in [0.1, 0.15) is 5.78 Å². The topological polar surface area (TPSA) is 38.8 Å². The molecule has 132 valence electrons. The Morgan fingerprint density at radius 1 is 1.58 bits per heavy atom. The summed E-state index contributed by atoms with van der Waals surface area (Å²) in [5, 5.41) is 0. The third kappa shape index (κ3) is 3.16. The molecule has 0 aliphatic carbocycles. The van der Waals surface area contributed by atoms with Gasteiger partial charge in [0, 0.05) is 47.8 Å². The number of benzene rings is 1. The Bertz CT molecular complexity index is 1270. The number of carbonyl (C=O) groups excluding carboxylic acids is 1. The van der Waals surface area contributed by atoms with Crippen LogP contribution < -0.4 is 9.47 Å². The summed E-state index contributed by atoms with van der Waals surface area (Å²) in [6.45, 7) is -7.60. The lowest BCUT2D eigenvalue weighted by atomic mass is 9.79. The van der Waals surface area contributed by atoms with Gasteiger partial charge < -0.3 is 9.47 Å². The maximum atomic E-state index is 13.6. The highest BCUT2D eigenvalue weighted by Crippen LogP contribution is 2.42. The largest absolute Gasteiger partial charge is 0.493 e. The molecule has 4 heteroatoms. The van der Waals surface area contributed by atoms with Crippen molar-refractivity contribution in [1.29, 1.82) is 0 Å². The molecule has 1 aromatic carbocycles. The summed E-state index contributed by atoms with van der Waals surface area (Å²) >= 11 is 0. The van der Waals surface area contributed by atoms with E-state index in [1.165, 1.54) is 0 Å². The molecule has 0 N–H and O–H groups in total. The molecule has 1 aromatic rings. The van der Waals surface area contributed by atoms with E-state index >= 15 is 0 Å². The number of ether oxygens (including phenoxy) is 2. The molecule has 0 spiro atoms. The van der Waals surface area contributed by atoms with Gasteiger partial charge in [0.2, 0.25) is 0 Å². The van der Waals surface area contributed by atoms with E-state index in [1.807, 2.05) is 0 Å². The van der Waals surface area contributed by atoms with Crippen molar-refractivity contribution in [3.8, 4) is 11.5 Å². The molecule has 3 rings (SSSR count). The number of methoxy groups -OCH3 is 2. The molecule has 24 heavy (non-hydrogen) atoms. The highest BCUT2D eigenvalue weighted by Gasteiger charge is 2.38. The Labute approximate surface area is 170 Å². The molecule has 1 fully saturated rings. The lowest BCUT2D eigenvalue weighted by Crippen LogP contribution is -2.46. The second-order valence-corrected chi connectivity index (χ2v) is 5.22. The number of nitrogens with zero attached hydrogens (tertiary/aromatic N) is 1. The highest BCUT2D eigenvalue weighted by molar-refractivity contribution is 5.83. The van der Waals surface area contributed by atoms with Crippen molar-refractivity contribution in [3.05, 3.63) is 23.2 Å². The second-order valence-electron chi connectivity index (χ2n) is 5.22. The first-order valence-corrected chi connectivity index (χ1v) is 7.18. The van der Waals surface area contributed by atoms with Gasteiger partial charge >= 0.3 is 0 Å². The maximum absolute atomic E-state index is 13.6. The molecule has 4 nitrogen and oxygen atoms in total. The quantitative estimate of drug-likeness (QED) is 0.814. The minimum Gasteiger partial charge on any atom is -0.493 e. The zero-order chi connectivity index (χ0) is 33.0. The molecule has 3 unspecified atom stereocenters. The van der Waals surface area contributed by atoms with Crippen LogP contribution in [0.4, 0.5) is 0 Å². The van der Waals surface area contributed by atoms with Gasteiger partial charge in [0.05, 0.1) is 22.4 Å². The number of carbonyl (C=O) groups is 1. The van der Waals surface area contributed by atoms with E-state index < -0.39 is 111 Å². The Hall–Kier alpha value is -1.55. The molecule has 0 radical (unpaired) electrons. The normalized spacial score (nSPS) is 46.8. The average molecular weight is 350 g/mol. The number of ketones is 1. The smallest absolute Gasteiger partial charge is 0.161 e. The lowest BCUT2D eigenvalue weighted by Gasteiger charge is -2.43. The van der Waals surface area contributed by atoms with E-state index in [2.05, 4.69) is 0 Å². The van der Waals surface area contributed by atoms with Crippen LogP contribution in [-0.2, 0) is 11.2 Å². The minimum atomic E-state index is -3.65. The van der Waals surface area contributed by atoms with Crippen molar-refractivity contribution < 1.29 is 38.9 Å². The summed E-state index contributed by atoms with van der Waals surface area (Å²) in [4.78, 5) is 13.9. The summed E-state index contributed by atoms with van der Waals surface area (Å²) in [6, 6.07) is -4.70. The molecule has 0 saturated carbocycles. The average Bonchev–Trinajstić information content (AvgIpc) is 2.76. The first kappa shape index (κ1) is 5.73. The molecule has 0 aromatic heterocycles. The summed E-state index contributed by atoms with van der Waals surface area (Å²) in [7, 11) is -2.25. The van der Waals surface area contributed by atoms with Crippen LogP contribution in [0, 0.1) is 11.8 Å². The number of hydrogen-bond acceptors (Lipinski definition) is 4. The van der Waals surface area contributed by atoms with Crippen LogP contribution in [0.5, 0.6) is 11.5 Å². The highest BCUT2D eigenvalue weighted by atomic mass is 16.5. The number of Topliss-reactive ketones (excluding diaryl/α,β-unsaturated/α-hetero) is 1. The summed E-state index contributed by atoms with van der Waals surface area (Å²) in [5.41, 5.74) is -1.73. The van der Waals surface area contributed by atoms with Crippen molar-refractivity contribution in [1.82, 2.24) is 4.90 Å². The monoisotopic (exact) mass is 349 g/mol. The van der Waals surface area contributed by atoms with Crippen LogP contribution in [-0.4, -0.2) is 37.9 Å². The van der Waals surface area contributed by atoms with Crippen molar-refractivity contribution in [2.24, 2.45) is 11.8 Å². The molecule has 2 aliphatic rings. The third-order valence-corrected chi connectivity index (χ3v) is 3.83. The summed E-state index contributed by atoms with van der Waals surface area (Å²) in [5.74, 6) is -8.74. The fourth-order valence-corrected chi connectivity index (χ4v) is 2.60. The van der Waals surface area contributed by atoms with Gasteiger partial charge in [0.15, 0.2) is 11.5 Å². The Kier molecular flexibility index (Phi) is 1.70. The Morgan fingerprint density at radius 3 is 3.12 bits per heavy atom. The van der Waals surface area contributed by atoms with E-state index in [-0.39, 0.29) is 0 Å². The first-order valence-electron chi connectivity index (χ1n) is 16.2. The van der Waals surface area contributed by atoms with Crippen LogP contribution >= 0.6 is 0 Å². The van der Waals surface area contributed by atoms with Crippen LogP contribution in [0.25, 0.3) is 0 Å². The predicted molar refractivity (Wildman–Crippen MR) is 94.8 cm³/mol. The van der Waals surface area contributed by atoms with Crippen molar-refractivity contribution >= 4 is 5.78 Å². The zero-order valence-corrected chi connectivity index (χ0v) is 13.2. The van der Waals surface area contributed by atoms with Crippen LogP contribution in [0.3, 0.4) is 0 Å². The van der Waals surface area contributed by atoms with Crippen LogP contribution in [0.15, 0.2) is 12.1 Å². The molecule has 2 aliphatic heterocycles. The van der Waals surface area contributed by atoms with Gasteiger partial charge in [-0.2, -0.15) is 0 Å². The van der Waals surface area contributed by atoms with Gasteiger partial charge in [-0.05, 0) is 41.9 Å². The fraction of sp³-hybridized carbons (Fsp3) is 0.650. The van der Waals surface area contributed by atoms with Gasteiger partial charge in [0.25, 0.3) is 0 Å². The van der Waals surface area contributed by atoms with Gasteiger partial charge in [-0.1, -0.05) is 20.1 Å². The van der Waals surface area contributed by atoms with E-state index in [0.29, 0.717) is 11.8 Å². The summed E-state index contributed by atoms with van der Waals surface area (Å²) in [6.07, 6.45) is -11.2. The van der Waals surface area contributed by atoms with E-state index in [1.54, 1.807) is 0 Å². The summed E-state index contributed by atoms with van der Waals surface area (Å²) < 4.78 is 158. The third-order valence-electron chi connectivity index (χ3n) is 3.83. The fourth-order valence-electron chi connectivity index (χ4n) is 2.60. The van der Waals surface area contributed by atoms with Gasteiger partial charge in [-0.3, -0.25) is 9.69 Å². The van der Waals surface area contributed by atoms with Crippen molar-refractivity contribution in [2.45, 2.75) is 45.3 Å². The molecule has 3 atom stereocenters. The van der Waals surface area contributed by atoms with Crippen molar-refractivity contribution in [2.75, 3.05) is 27.2 Å². The van der Waals surface area contributed by atoms with Crippen LogP contribution in [0.2, 0.25) is 0 Å². The van der Waals surface area contributed by atoms with E-state index in [4.69, 9.17) is 32.8 Å². The van der Waals surface area contributed by atoms with Crippen molar-refractivity contribution in [3.63, 3.8) is 0 Å². The number of rotatable bonds is 5. The number of piperidine rings is 1. The molecular weight excluding hydrogens is 302 g/mol. The van der Waals surface area contributed by atoms with Gasteiger partial charge in [-0.25, -0.2) is 0 Å². The molecular formula is C20H29NO3. The number of hydrogen-bond donors (Lipinski definition) is 0. The lowest BCUT2D eigenvalue weighted by molar-refractivity contribution is -0.129. The maximum Gasteiger partial charge on any atom is 0.161 e. The molecule has 2 heterocycles.